The summed E-state index contributed by atoms with van der Waals surface area (Å²) in [5.74, 6) is 0. The van der Waals surface area contributed by atoms with E-state index in [0.29, 0.717) is 8.95 Å². The third-order valence-electron chi connectivity index (χ3n) is 1.84. The van der Waals surface area contributed by atoms with Gasteiger partial charge in [0.1, 0.15) is 0 Å². The van der Waals surface area contributed by atoms with Crippen LogP contribution in [0.1, 0.15) is 29.3 Å². The molecule has 3 heteroatoms. The van der Waals surface area contributed by atoms with Crippen molar-refractivity contribution < 1.29 is 0 Å². The van der Waals surface area contributed by atoms with Crippen molar-refractivity contribution in [2.75, 3.05) is 0 Å². The predicted molar refractivity (Wildman–Crippen MR) is 68.1 cm³/mol. The Labute approximate surface area is 103 Å². The van der Waals surface area contributed by atoms with Crippen LogP contribution in [0, 0.1) is 0 Å². The monoisotopic (exact) mass is 328 g/mol. The lowest BCUT2D eigenvalue weighted by Crippen LogP contribution is -1.90. The van der Waals surface area contributed by atoms with Gasteiger partial charge in [0.2, 0.25) is 0 Å². The smallest absolute Gasteiger partial charge is 0.0463 e. The Kier molecular flexibility index (Phi) is 4.84. The van der Waals surface area contributed by atoms with Gasteiger partial charge in [-0.3, -0.25) is 0 Å². The van der Waals surface area contributed by atoms with Crippen LogP contribution in [0.3, 0.4) is 0 Å². The molecule has 1 rings (SSSR count). The van der Waals surface area contributed by atoms with Gasteiger partial charge in [-0.25, -0.2) is 0 Å². The van der Waals surface area contributed by atoms with Crippen molar-refractivity contribution in [2.45, 2.75) is 23.7 Å². The third-order valence-corrected chi connectivity index (χ3v) is 3.70. The molecular formula is C10H11Cl2I. The normalized spacial score (nSPS) is 12.9. The van der Waals surface area contributed by atoms with Gasteiger partial charge in [0.25, 0.3) is 0 Å². The average molecular weight is 329 g/mol. The number of hydrogen-bond donors (Lipinski definition) is 0. The molecule has 1 aromatic rings. The number of rotatable bonds is 3. The highest BCUT2D eigenvalue weighted by atomic mass is 127. The van der Waals surface area contributed by atoms with Crippen LogP contribution < -0.4 is 0 Å². The lowest BCUT2D eigenvalue weighted by molar-refractivity contribution is 0.799. The van der Waals surface area contributed by atoms with Crippen molar-refractivity contribution in [2.24, 2.45) is 0 Å². The highest BCUT2D eigenvalue weighted by Gasteiger charge is 2.09. The van der Waals surface area contributed by atoms with Crippen LogP contribution in [0.25, 0.3) is 0 Å². The molecule has 0 saturated heterocycles. The first-order valence-corrected chi connectivity index (χ1v) is 6.24. The molecule has 0 aromatic heterocycles. The summed E-state index contributed by atoms with van der Waals surface area (Å²) < 4.78 is 0.493. The van der Waals surface area contributed by atoms with Gasteiger partial charge in [-0.1, -0.05) is 65.2 Å². The summed E-state index contributed by atoms with van der Waals surface area (Å²) in [5.41, 5.74) is 1.19. The van der Waals surface area contributed by atoms with Gasteiger partial charge in [0.15, 0.2) is 0 Å². The second kappa shape index (κ2) is 5.42. The van der Waals surface area contributed by atoms with Crippen LogP contribution in [0.5, 0.6) is 0 Å². The molecule has 72 valence electrons. The van der Waals surface area contributed by atoms with E-state index < -0.39 is 0 Å². The maximum Gasteiger partial charge on any atom is 0.0463 e. The largest absolute Gasteiger partial charge is 0.0843 e. The van der Waals surface area contributed by atoms with E-state index in [1.165, 1.54) is 12.0 Å². The van der Waals surface area contributed by atoms with Gasteiger partial charge in [-0.05, 0) is 24.1 Å². The summed E-state index contributed by atoms with van der Waals surface area (Å²) in [5, 5.41) is 1.48. The van der Waals surface area contributed by atoms with Crippen LogP contribution in [0.15, 0.2) is 18.2 Å². The van der Waals surface area contributed by atoms with Crippen LogP contribution in [-0.2, 0) is 0 Å². The Morgan fingerprint density at radius 2 is 2.08 bits per heavy atom. The van der Waals surface area contributed by atoms with Crippen LogP contribution in [-0.4, -0.2) is 0 Å². The number of benzene rings is 1. The molecule has 0 fully saturated rings. The Morgan fingerprint density at radius 1 is 1.38 bits per heavy atom. The van der Waals surface area contributed by atoms with Crippen LogP contribution in [0.2, 0.25) is 10.0 Å². The minimum absolute atomic E-state index is 0.493. The van der Waals surface area contributed by atoms with Crippen LogP contribution in [0.4, 0.5) is 0 Å². The fourth-order valence-corrected chi connectivity index (χ4v) is 3.05. The van der Waals surface area contributed by atoms with Gasteiger partial charge in [-0.2, -0.15) is 0 Å². The maximum atomic E-state index is 6.07. The molecule has 1 aromatic carbocycles. The van der Waals surface area contributed by atoms with Crippen LogP contribution >= 0.6 is 45.8 Å². The van der Waals surface area contributed by atoms with E-state index in [9.17, 15) is 0 Å². The van der Waals surface area contributed by atoms with Gasteiger partial charge >= 0.3 is 0 Å². The Bertz CT molecular complexity index is 286. The van der Waals surface area contributed by atoms with Crippen molar-refractivity contribution in [3.8, 4) is 0 Å². The SMILES string of the molecule is CCCC(I)c1ccc(Cl)cc1Cl. The quantitative estimate of drug-likeness (QED) is 0.523. The van der Waals surface area contributed by atoms with Gasteiger partial charge in [0, 0.05) is 14.0 Å². The van der Waals surface area contributed by atoms with Gasteiger partial charge in [0.05, 0.1) is 0 Å². The number of hydrogen-bond acceptors (Lipinski definition) is 0. The van der Waals surface area contributed by atoms with Gasteiger partial charge in [-0.15, -0.1) is 0 Å². The Hall–Kier alpha value is 0.530. The minimum atomic E-state index is 0.493. The Morgan fingerprint density at radius 3 is 2.62 bits per heavy atom. The zero-order chi connectivity index (χ0) is 9.84. The third kappa shape index (κ3) is 3.30. The van der Waals surface area contributed by atoms with Crippen molar-refractivity contribution in [3.63, 3.8) is 0 Å². The molecule has 1 atom stereocenters. The molecule has 0 aliphatic rings. The first-order valence-electron chi connectivity index (χ1n) is 4.24. The highest BCUT2D eigenvalue weighted by molar-refractivity contribution is 14.1. The molecule has 0 bridgehead atoms. The molecular weight excluding hydrogens is 318 g/mol. The number of halogens is 3. The lowest BCUT2D eigenvalue weighted by atomic mass is 10.1. The molecule has 0 N–H and O–H groups in total. The molecule has 1 unspecified atom stereocenters. The second-order valence-corrected chi connectivity index (χ2v) is 5.27. The molecule has 0 spiro atoms. The van der Waals surface area contributed by atoms with E-state index in [2.05, 4.69) is 29.5 Å². The second-order valence-electron chi connectivity index (χ2n) is 2.92. The summed E-state index contributed by atoms with van der Waals surface area (Å²) in [7, 11) is 0. The summed E-state index contributed by atoms with van der Waals surface area (Å²) in [6.45, 7) is 2.18. The van der Waals surface area contributed by atoms with E-state index in [-0.39, 0.29) is 0 Å². The zero-order valence-corrected chi connectivity index (χ0v) is 11.0. The molecule has 0 aliphatic heterocycles. The minimum Gasteiger partial charge on any atom is -0.0843 e. The topological polar surface area (TPSA) is 0 Å². The summed E-state index contributed by atoms with van der Waals surface area (Å²) >= 11 is 14.3. The molecule has 0 radical (unpaired) electrons. The summed E-state index contributed by atoms with van der Waals surface area (Å²) in [4.78, 5) is 0. The molecule has 0 heterocycles. The molecule has 13 heavy (non-hydrogen) atoms. The first-order chi connectivity index (χ1) is 6.15. The van der Waals surface area contributed by atoms with Gasteiger partial charge < -0.3 is 0 Å². The van der Waals surface area contributed by atoms with Crippen molar-refractivity contribution in [1.82, 2.24) is 0 Å². The molecule has 0 nitrogen and oxygen atoms in total. The zero-order valence-electron chi connectivity index (χ0n) is 7.36. The summed E-state index contributed by atoms with van der Waals surface area (Å²) in [6, 6.07) is 5.71. The van der Waals surface area contributed by atoms with Crippen molar-refractivity contribution in [1.29, 1.82) is 0 Å². The average Bonchev–Trinajstić information content (AvgIpc) is 2.04. The van der Waals surface area contributed by atoms with E-state index in [4.69, 9.17) is 23.2 Å². The summed E-state index contributed by atoms with van der Waals surface area (Å²) in [6.07, 6.45) is 2.33. The molecule has 0 saturated carbocycles. The van der Waals surface area contributed by atoms with Crippen molar-refractivity contribution in [3.05, 3.63) is 33.8 Å². The van der Waals surface area contributed by atoms with E-state index in [0.717, 1.165) is 11.4 Å². The lowest BCUT2D eigenvalue weighted by Gasteiger charge is -2.10. The number of alkyl halides is 1. The van der Waals surface area contributed by atoms with E-state index >= 15 is 0 Å². The molecule has 0 amide bonds. The van der Waals surface area contributed by atoms with E-state index in [1.54, 1.807) is 6.07 Å². The molecule has 0 aliphatic carbocycles. The van der Waals surface area contributed by atoms with E-state index in [1.807, 2.05) is 12.1 Å². The fraction of sp³-hybridized carbons (Fsp3) is 0.400. The standard InChI is InChI=1S/C10H11Cl2I/c1-2-3-10(13)8-5-4-7(11)6-9(8)12/h4-6,10H,2-3H2,1H3. The predicted octanol–water partition coefficient (Wildman–Crippen LogP) is 5.27. The Balaban J connectivity index is 2.88. The first kappa shape index (κ1) is 11.6. The fourth-order valence-electron chi connectivity index (χ4n) is 1.16. The highest BCUT2D eigenvalue weighted by Crippen LogP contribution is 2.34. The maximum absolute atomic E-state index is 6.07. The van der Waals surface area contributed by atoms with Crippen molar-refractivity contribution >= 4 is 45.8 Å².